The Morgan fingerprint density at radius 3 is 2.19 bits per heavy atom. The van der Waals surface area contributed by atoms with Crippen LogP contribution in [0.25, 0.3) is 11.2 Å². The molecule has 0 radical (unpaired) electrons. The molecule has 2 aromatic heterocycles. The number of carboxylic acid groups (broad SMARTS) is 1. The largest absolute Gasteiger partial charge is 0.481 e. The SMILES string of the molecule is CC(=O)O.CCCCCCCCCCCCn1c(N)nc2nc[nH]c2c1=O. The monoisotopic (exact) mass is 379 g/mol. The molecule has 0 aromatic carbocycles. The van der Waals surface area contributed by atoms with Crippen molar-refractivity contribution in [1.29, 1.82) is 0 Å². The summed E-state index contributed by atoms with van der Waals surface area (Å²) < 4.78 is 1.55. The van der Waals surface area contributed by atoms with Crippen LogP contribution < -0.4 is 11.3 Å². The molecule has 0 saturated carbocycles. The van der Waals surface area contributed by atoms with Crippen LogP contribution in [0.5, 0.6) is 0 Å². The molecule has 152 valence electrons. The number of rotatable bonds is 11. The number of hydrogen-bond donors (Lipinski definition) is 3. The van der Waals surface area contributed by atoms with Gasteiger partial charge in [-0.2, -0.15) is 4.98 Å². The zero-order chi connectivity index (χ0) is 20.1. The number of aromatic amines is 1. The van der Waals surface area contributed by atoms with Gasteiger partial charge < -0.3 is 15.8 Å². The lowest BCUT2D eigenvalue weighted by molar-refractivity contribution is -0.134. The highest BCUT2D eigenvalue weighted by molar-refractivity contribution is 5.69. The van der Waals surface area contributed by atoms with Gasteiger partial charge in [0.05, 0.1) is 6.33 Å². The van der Waals surface area contributed by atoms with Crippen LogP contribution in [0.4, 0.5) is 5.95 Å². The Bertz CT molecular complexity index is 735. The molecule has 0 saturated heterocycles. The van der Waals surface area contributed by atoms with Crippen molar-refractivity contribution in [3.05, 3.63) is 16.7 Å². The Kier molecular flexibility index (Phi) is 10.8. The lowest BCUT2D eigenvalue weighted by Gasteiger charge is -2.08. The number of aromatic nitrogens is 4. The molecule has 0 fully saturated rings. The van der Waals surface area contributed by atoms with E-state index in [1.54, 1.807) is 4.57 Å². The quantitative estimate of drug-likeness (QED) is 0.511. The van der Waals surface area contributed by atoms with Crippen molar-refractivity contribution in [3.8, 4) is 0 Å². The first-order valence-electron chi connectivity index (χ1n) is 9.86. The zero-order valence-corrected chi connectivity index (χ0v) is 16.5. The number of nitrogen functional groups attached to an aromatic ring is 1. The van der Waals surface area contributed by atoms with Crippen molar-refractivity contribution in [2.24, 2.45) is 0 Å². The number of hydrogen-bond acceptors (Lipinski definition) is 5. The van der Waals surface area contributed by atoms with Crippen molar-refractivity contribution in [3.63, 3.8) is 0 Å². The number of nitrogens with zero attached hydrogens (tertiary/aromatic N) is 3. The van der Waals surface area contributed by atoms with E-state index < -0.39 is 5.97 Å². The van der Waals surface area contributed by atoms with Crippen LogP contribution in [0.3, 0.4) is 0 Å². The van der Waals surface area contributed by atoms with E-state index in [4.69, 9.17) is 15.6 Å². The normalized spacial score (nSPS) is 10.6. The van der Waals surface area contributed by atoms with E-state index in [0.717, 1.165) is 19.8 Å². The fraction of sp³-hybridized carbons (Fsp3) is 0.684. The number of carbonyl (C=O) groups is 1. The molecule has 8 heteroatoms. The highest BCUT2D eigenvalue weighted by Gasteiger charge is 2.09. The van der Waals surface area contributed by atoms with Gasteiger partial charge in [0.2, 0.25) is 5.95 Å². The number of carboxylic acids is 1. The van der Waals surface area contributed by atoms with Crippen molar-refractivity contribution in [2.75, 3.05) is 5.73 Å². The predicted octanol–water partition coefficient (Wildman–Crippen LogP) is 3.71. The molecule has 0 amide bonds. The third kappa shape index (κ3) is 8.70. The molecule has 8 nitrogen and oxygen atoms in total. The van der Waals surface area contributed by atoms with Gasteiger partial charge >= 0.3 is 0 Å². The van der Waals surface area contributed by atoms with Crippen LogP contribution in [0, 0.1) is 0 Å². The second-order valence-corrected chi connectivity index (χ2v) is 6.73. The Balaban J connectivity index is 0.000000828. The number of anilines is 1. The van der Waals surface area contributed by atoms with Gasteiger partial charge in [-0.3, -0.25) is 14.2 Å². The fourth-order valence-corrected chi connectivity index (χ4v) is 2.91. The second kappa shape index (κ2) is 12.9. The van der Waals surface area contributed by atoms with E-state index in [9.17, 15) is 4.79 Å². The van der Waals surface area contributed by atoms with E-state index in [0.29, 0.717) is 17.7 Å². The van der Waals surface area contributed by atoms with Gasteiger partial charge in [0.15, 0.2) is 11.2 Å². The molecule has 2 aromatic rings. The van der Waals surface area contributed by atoms with E-state index >= 15 is 0 Å². The maximum atomic E-state index is 12.3. The van der Waals surface area contributed by atoms with Crippen LogP contribution in [0.15, 0.2) is 11.1 Å². The van der Waals surface area contributed by atoms with Crippen LogP contribution >= 0.6 is 0 Å². The Morgan fingerprint density at radius 2 is 1.63 bits per heavy atom. The van der Waals surface area contributed by atoms with Crippen molar-refractivity contribution >= 4 is 23.1 Å². The first-order valence-corrected chi connectivity index (χ1v) is 9.86. The minimum absolute atomic E-state index is 0.124. The Morgan fingerprint density at radius 1 is 1.11 bits per heavy atom. The number of unbranched alkanes of at least 4 members (excludes halogenated alkanes) is 9. The van der Waals surface area contributed by atoms with Gasteiger partial charge in [-0.1, -0.05) is 64.7 Å². The molecule has 0 bridgehead atoms. The Hall–Kier alpha value is -2.38. The van der Waals surface area contributed by atoms with Gasteiger partial charge in [0, 0.05) is 13.5 Å². The van der Waals surface area contributed by atoms with E-state index in [1.165, 1.54) is 57.7 Å². The summed E-state index contributed by atoms with van der Waals surface area (Å²) in [7, 11) is 0. The molecule has 0 aliphatic carbocycles. The highest BCUT2D eigenvalue weighted by atomic mass is 16.4. The third-order valence-corrected chi connectivity index (χ3v) is 4.31. The first kappa shape index (κ1) is 22.7. The molecule has 2 rings (SSSR count). The van der Waals surface area contributed by atoms with Gasteiger partial charge in [0.1, 0.15) is 0 Å². The fourth-order valence-electron chi connectivity index (χ4n) is 2.91. The maximum absolute atomic E-state index is 12.3. The van der Waals surface area contributed by atoms with Gasteiger partial charge in [0.25, 0.3) is 11.5 Å². The van der Waals surface area contributed by atoms with E-state index in [1.807, 2.05) is 0 Å². The van der Waals surface area contributed by atoms with E-state index in [-0.39, 0.29) is 11.5 Å². The summed E-state index contributed by atoms with van der Waals surface area (Å²) >= 11 is 0. The number of fused-ring (bicyclic) bond motifs is 1. The van der Waals surface area contributed by atoms with Gasteiger partial charge in [-0.25, -0.2) is 4.98 Å². The summed E-state index contributed by atoms with van der Waals surface area (Å²) in [6.07, 6.45) is 14.2. The number of H-pyrrole nitrogens is 1. The standard InChI is InChI=1S/C17H29N5O.C2H4O2/c1-2-3-4-5-6-7-8-9-10-11-12-22-16(23)14-15(20-13-19-14)21-17(22)18;1-2(3)4/h13H,2-12H2,1H3,(H2,18,21)(H,19,20);1H3,(H,3,4). The maximum Gasteiger partial charge on any atom is 0.300 e. The summed E-state index contributed by atoms with van der Waals surface area (Å²) in [5, 5.41) is 7.42. The molecule has 4 N–H and O–H groups in total. The molecule has 0 aliphatic rings. The topological polar surface area (TPSA) is 127 Å². The Labute approximate surface area is 160 Å². The first-order chi connectivity index (χ1) is 13.0. The van der Waals surface area contributed by atoms with Crippen LogP contribution in [0.2, 0.25) is 0 Å². The van der Waals surface area contributed by atoms with Crippen molar-refractivity contribution < 1.29 is 9.90 Å². The molecule has 0 atom stereocenters. The van der Waals surface area contributed by atoms with Gasteiger partial charge in [-0.15, -0.1) is 0 Å². The average molecular weight is 380 g/mol. The van der Waals surface area contributed by atoms with Crippen molar-refractivity contribution in [2.45, 2.75) is 84.6 Å². The predicted molar refractivity (Wildman–Crippen MR) is 108 cm³/mol. The molecule has 0 spiro atoms. The van der Waals surface area contributed by atoms with Crippen LogP contribution in [-0.4, -0.2) is 30.6 Å². The number of nitrogens with one attached hydrogen (secondary N) is 1. The lowest BCUT2D eigenvalue weighted by Crippen LogP contribution is -2.24. The third-order valence-electron chi connectivity index (χ3n) is 4.31. The highest BCUT2D eigenvalue weighted by Crippen LogP contribution is 2.11. The summed E-state index contributed by atoms with van der Waals surface area (Å²) in [6.45, 7) is 3.96. The molecule has 2 heterocycles. The number of nitrogens with two attached hydrogens (primary N) is 1. The minimum atomic E-state index is -0.833. The lowest BCUT2D eigenvalue weighted by atomic mass is 10.1. The molecule has 27 heavy (non-hydrogen) atoms. The summed E-state index contributed by atoms with van der Waals surface area (Å²) in [5.74, 6) is -0.578. The smallest absolute Gasteiger partial charge is 0.300 e. The molecule has 0 unspecified atom stereocenters. The zero-order valence-electron chi connectivity index (χ0n) is 16.5. The van der Waals surface area contributed by atoms with Crippen LogP contribution in [0.1, 0.15) is 78.1 Å². The van der Waals surface area contributed by atoms with Crippen molar-refractivity contribution in [1.82, 2.24) is 19.5 Å². The number of imidazole rings is 1. The minimum Gasteiger partial charge on any atom is -0.481 e. The van der Waals surface area contributed by atoms with E-state index in [2.05, 4.69) is 21.9 Å². The average Bonchev–Trinajstić information content (AvgIpc) is 3.07. The van der Waals surface area contributed by atoms with Crippen LogP contribution in [-0.2, 0) is 11.3 Å². The molecular formula is C19H33N5O3. The summed E-state index contributed by atoms with van der Waals surface area (Å²) in [4.78, 5) is 32.2. The summed E-state index contributed by atoms with van der Waals surface area (Å²) in [6, 6.07) is 0. The molecule has 0 aliphatic heterocycles. The summed E-state index contributed by atoms with van der Waals surface area (Å²) in [5.41, 5.74) is 6.57. The number of aliphatic carboxylic acids is 1. The molecular weight excluding hydrogens is 346 g/mol. The second-order valence-electron chi connectivity index (χ2n) is 6.73. The van der Waals surface area contributed by atoms with Gasteiger partial charge in [-0.05, 0) is 6.42 Å².